The molecule has 1 spiro atoms. The average molecular weight is 284 g/mol. The number of hydrogen-bond donors (Lipinski definition) is 2. The highest BCUT2D eigenvalue weighted by molar-refractivity contribution is 8.93. The van der Waals surface area contributed by atoms with Gasteiger partial charge in [0, 0.05) is 12.0 Å². The maximum Gasteiger partial charge on any atom is 0.119 e. The van der Waals surface area contributed by atoms with E-state index in [1.165, 1.54) is 30.4 Å². The molecule has 2 N–H and O–H groups in total. The zero-order chi connectivity index (χ0) is 10.3. The summed E-state index contributed by atoms with van der Waals surface area (Å²) in [7, 11) is 0. The van der Waals surface area contributed by atoms with Crippen LogP contribution in [0.15, 0.2) is 18.2 Å². The highest BCUT2D eigenvalue weighted by Crippen LogP contribution is 2.43. The molecular formula is C13H18BrNO. The zero-order valence-corrected chi connectivity index (χ0v) is 11.0. The molecule has 0 amide bonds. The van der Waals surface area contributed by atoms with E-state index < -0.39 is 0 Å². The van der Waals surface area contributed by atoms with Crippen molar-refractivity contribution in [3.63, 3.8) is 0 Å². The third-order valence-electron chi connectivity index (χ3n) is 4.05. The summed E-state index contributed by atoms with van der Waals surface area (Å²) in [5.41, 5.74) is 2.93. The minimum atomic E-state index is 0. The first kappa shape index (κ1) is 11.9. The summed E-state index contributed by atoms with van der Waals surface area (Å²) in [6.45, 7) is 2.21. The molecule has 3 heteroatoms. The second kappa shape index (κ2) is 4.38. The first-order valence-corrected chi connectivity index (χ1v) is 5.84. The lowest BCUT2D eigenvalue weighted by Crippen LogP contribution is -2.33. The zero-order valence-electron chi connectivity index (χ0n) is 9.33. The predicted molar refractivity (Wildman–Crippen MR) is 70.5 cm³/mol. The highest BCUT2D eigenvalue weighted by atomic mass is 79.9. The first-order valence-electron chi connectivity index (χ1n) is 5.84. The van der Waals surface area contributed by atoms with Crippen LogP contribution >= 0.6 is 17.0 Å². The number of fused-ring (bicyclic) bond motifs is 2. The Morgan fingerprint density at radius 1 is 1.25 bits per heavy atom. The molecule has 2 nitrogen and oxygen atoms in total. The second-order valence-corrected chi connectivity index (χ2v) is 4.86. The molecule has 1 aliphatic heterocycles. The molecule has 16 heavy (non-hydrogen) atoms. The SMILES string of the molecule is Br.Oc1cccc2c1CCCC21CCNC1. The minimum absolute atomic E-state index is 0. The molecule has 1 aromatic rings. The molecule has 0 bridgehead atoms. The third kappa shape index (κ3) is 1.66. The first-order chi connectivity index (χ1) is 7.32. The van der Waals surface area contributed by atoms with Gasteiger partial charge in [0.2, 0.25) is 0 Å². The fourth-order valence-electron chi connectivity index (χ4n) is 3.26. The molecule has 0 aromatic heterocycles. The molecule has 3 rings (SSSR count). The number of phenols is 1. The van der Waals surface area contributed by atoms with Crippen molar-refractivity contribution in [1.29, 1.82) is 0 Å². The van der Waals surface area contributed by atoms with Crippen LogP contribution < -0.4 is 5.32 Å². The molecule has 88 valence electrons. The van der Waals surface area contributed by atoms with Gasteiger partial charge >= 0.3 is 0 Å². The number of aromatic hydroxyl groups is 1. The maximum absolute atomic E-state index is 9.88. The van der Waals surface area contributed by atoms with E-state index in [1.807, 2.05) is 12.1 Å². The Morgan fingerprint density at radius 2 is 2.12 bits per heavy atom. The second-order valence-electron chi connectivity index (χ2n) is 4.86. The molecule has 1 atom stereocenters. The van der Waals surface area contributed by atoms with Crippen LogP contribution in [-0.4, -0.2) is 18.2 Å². The van der Waals surface area contributed by atoms with Gasteiger partial charge in [-0.05, 0) is 49.4 Å². The molecule has 2 aliphatic rings. The number of nitrogens with one attached hydrogen (secondary N) is 1. The van der Waals surface area contributed by atoms with Crippen molar-refractivity contribution in [2.45, 2.75) is 31.1 Å². The summed E-state index contributed by atoms with van der Waals surface area (Å²) in [5.74, 6) is 0.499. The van der Waals surface area contributed by atoms with E-state index in [0.717, 1.165) is 19.5 Å². The number of benzene rings is 1. The van der Waals surface area contributed by atoms with Crippen LogP contribution in [0.1, 0.15) is 30.4 Å². The lowest BCUT2D eigenvalue weighted by molar-refractivity contribution is 0.380. The smallest absolute Gasteiger partial charge is 0.119 e. The van der Waals surface area contributed by atoms with E-state index in [9.17, 15) is 5.11 Å². The predicted octanol–water partition coefficient (Wildman–Crippen LogP) is 2.54. The molecular weight excluding hydrogens is 266 g/mol. The van der Waals surface area contributed by atoms with Crippen molar-refractivity contribution in [3.05, 3.63) is 29.3 Å². The van der Waals surface area contributed by atoms with Crippen LogP contribution in [0.4, 0.5) is 0 Å². The summed E-state index contributed by atoms with van der Waals surface area (Å²) in [6, 6.07) is 6.01. The van der Waals surface area contributed by atoms with E-state index in [-0.39, 0.29) is 17.0 Å². The largest absolute Gasteiger partial charge is 0.508 e. The topological polar surface area (TPSA) is 32.3 Å². The van der Waals surface area contributed by atoms with Crippen molar-refractivity contribution in [2.75, 3.05) is 13.1 Å². The summed E-state index contributed by atoms with van der Waals surface area (Å²) in [5, 5.41) is 13.3. The third-order valence-corrected chi connectivity index (χ3v) is 4.05. The highest BCUT2D eigenvalue weighted by Gasteiger charge is 2.39. The number of halogens is 1. The number of phenolic OH excluding ortho intramolecular Hbond substituents is 1. The van der Waals surface area contributed by atoms with Gasteiger partial charge in [0.05, 0.1) is 0 Å². The van der Waals surface area contributed by atoms with Gasteiger partial charge in [-0.25, -0.2) is 0 Å². The standard InChI is InChI=1S/C13H17NO.BrH/c15-12-5-1-4-11-10(12)3-2-6-13(11)7-8-14-9-13;/h1,4-5,14-15H,2-3,6-9H2;1H. The van der Waals surface area contributed by atoms with Crippen LogP contribution in [0.5, 0.6) is 5.75 Å². The number of rotatable bonds is 0. The van der Waals surface area contributed by atoms with Crippen molar-refractivity contribution >= 4 is 17.0 Å². The monoisotopic (exact) mass is 283 g/mol. The van der Waals surface area contributed by atoms with Crippen molar-refractivity contribution < 1.29 is 5.11 Å². The Kier molecular flexibility index (Phi) is 3.27. The molecule has 1 aliphatic carbocycles. The van der Waals surface area contributed by atoms with Crippen LogP contribution in [0.25, 0.3) is 0 Å². The molecule has 1 aromatic carbocycles. The lowest BCUT2D eigenvalue weighted by atomic mass is 9.69. The van der Waals surface area contributed by atoms with Crippen molar-refractivity contribution in [2.24, 2.45) is 0 Å². The van der Waals surface area contributed by atoms with E-state index in [4.69, 9.17) is 0 Å². The van der Waals surface area contributed by atoms with Gasteiger partial charge in [-0.1, -0.05) is 12.1 Å². The summed E-state index contributed by atoms with van der Waals surface area (Å²) in [6.07, 6.45) is 4.76. The molecule has 1 heterocycles. The maximum atomic E-state index is 9.88. The van der Waals surface area contributed by atoms with Crippen molar-refractivity contribution in [3.8, 4) is 5.75 Å². The Bertz CT molecular complexity index is 386. The van der Waals surface area contributed by atoms with E-state index in [0.29, 0.717) is 11.2 Å². The van der Waals surface area contributed by atoms with Gasteiger partial charge < -0.3 is 10.4 Å². The van der Waals surface area contributed by atoms with E-state index in [1.54, 1.807) is 0 Å². The molecule has 1 saturated heterocycles. The van der Waals surface area contributed by atoms with Crippen LogP contribution in [-0.2, 0) is 11.8 Å². The van der Waals surface area contributed by atoms with Crippen LogP contribution in [0, 0.1) is 0 Å². The molecule has 0 radical (unpaired) electrons. The van der Waals surface area contributed by atoms with Gasteiger partial charge in [0.25, 0.3) is 0 Å². The fraction of sp³-hybridized carbons (Fsp3) is 0.538. The van der Waals surface area contributed by atoms with E-state index >= 15 is 0 Å². The van der Waals surface area contributed by atoms with E-state index in [2.05, 4.69) is 11.4 Å². The normalized spacial score (nSPS) is 27.5. The Labute approximate surface area is 107 Å². The summed E-state index contributed by atoms with van der Waals surface area (Å²) in [4.78, 5) is 0. The molecule has 1 unspecified atom stereocenters. The Hall–Kier alpha value is -0.540. The average Bonchev–Trinajstić information content (AvgIpc) is 2.70. The lowest BCUT2D eigenvalue weighted by Gasteiger charge is -2.35. The summed E-state index contributed by atoms with van der Waals surface area (Å²) >= 11 is 0. The Morgan fingerprint density at radius 3 is 2.88 bits per heavy atom. The van der Waals surface area contributed by atoms with Crippen molar-refractivity contribution in [1.82, 2.24) is 5.32 Å². The minimum Gasteiger partial charge on any atom is -0.508 e. The molecule has 0 saturated carbocycles. The summed E-state index contributed by atoms with van der Waals surface area (Å²) < 4.78 is 0. The molecule has 1 fully saturated rings. The van der Waals surface area contributed by atoms with Gasteiger partial charge in [-0.2, -0.15) is 0 Å². The van der Waals surface area contributed by atoms with Gasteiger partial charge in [0.15, 0.2) is 0 Å². The Balaban J connectivity index is 0.000000963. The van der Waals surface area contributed by atoms with Crippen LogP contribution in [0.3, 0.4) is 0 Å². The van der Waals surface area contributed by atoms with Gasteiger partial charge in [-0.15, -0.1) is 17.0 Å². The fourth-order valence-corrected chi connectivity index (χ4v) is 3.26. The quantitative estimate of drug-likeness (QED) is 0.767. The van der Waals surface area contributed by atoms with Gasteiger partial charge in [-0.3, -0.25) is 0 Å². The van der Waals surface area contributed by atoms with Gasteiger partial charge in [0.1, 0.15) is 5.75 Å². The number of hydrogen-bond acceptors (Lipinski definition) is 2. The van der Waals surface area contributed by atoms with Crippen LogP contribution in [0.2, 0.25) is 0 Å².